The lowest BCUT2D eigenvalue weighted by Crippen LogP contribution is -2.37. The van der Waals surface area contributed by atoms with Crippen LogP contribution in [0.4, 0.5) is 0 Å². The van der Waals surface area contributed by atoms with Gasteiger partial charge in [-0.25, -0.2) is 0 Å². The van der Waals surface area contributed by atoms with Gasteiger partial charge in [-0.3, -0.25) is 9.59 Å². The molecule has 1 aliphatic heterocycles. The molecule has 3 rings (SSSR count). The lowest BCUT2D eigenvalue weighted by atomic mass is 10.1. The Hall–Kier alpha value is -2.94. The first-order valence-corrected chi connectivity index (χ1v) is 10.3. The molecule has 1 saturated heterocycles. The van der Waals surface area contributed by atoms with Gasteiger partial charge in [0.25, 0.3) is 5.56 Å². The standard InChI is InChI=1S/C21H29N5O4/c1-29-16-12-15(13-17(14-16)30-2)20-23-21(28)18(24-25-20)6-7-19(27)22-8-11-26-9-4-3-5-10-26/h12-14H,3-11H2,1-2H3,(H,22,27)(H,23,25,28). The summed E-state index contributed by atoms with van der Waals surface area (Å²) in [5.74, 6) is 1.39. The molecule has 2 heterocycles. The number of aryl methyl sites for hydroxylation is 1. The number of hydrogen-bond acceptors (Lipinski definition) is 7. The molecule has 1 aromatic heterocycles. The van der Waals surface area contributed by atoms with Gasteiger partial charge in [0.05, 0.1) is 14.2 Å². The van der Waals surface area contributed by atoms with Crippen LogP contribution in [0.5, 0.6) is 11.5 Å². The summed E-state index contributed by atoms with van der Waals surface area (Å²) in [6, 6.07) is 5.20. The van der Waals surface area contributed by atoms with Gasteiger partial charge in [0.1, 0.15) is 17.2 Å². The molecule has 1 aliphatic rings. The van der Waals surface area contributed by atoms with Crippen LogP contribution < -0.4 is 20.3 Å². The second kappa shape index (κ2) is 10.7. The molecular formula is C21H29N5O4. The topological polar surface area (TPSA) is 109 Å². The van der Waals surface area contributed by atoms with E-state index in [-0.39, 0.29) is 30.0 Å². The van der Waals surface area contributed by atoms with Crippen molar-refractivity contribution in [2.24, 2.45) is 0 Å². The van der Waals surface area contributed by atoms with E-state index in [4.69, 9.17) is 9.47 Å². The van der Waals surface area contributed by atoms with Gasteiger partial charge in [0.15, 0.2) is 5.82 Å². The number of carbonyl (C=O) groups excluding carboxylic acids is 1. The average molecular weight is 415 g/mol. The Bertz CT molecular complexity index is 886. The number of piperidine rings is 1. The minimum absolute atomic E-state index is 0.0881. The fourth-order valence-electron chi connectivity index (χ4n) is 3.45. The Kier molecular flexibility index (Phi) is 7.78. The Morgan fingerprint density at radius 3 is 2.43 bits per heavy atom. The maximum atomic E-state index is 12.4. The highest BCUT2D eigenvalue weighted by atomic mass is 16.5. The average Bonchev–Trinajstić information content (AvgIpc) is 2.78. The lowest BCUT2D eigenvalue weighted by Gasteiger charge is -2.26. The molecule has 30 heavy (non-hydrogen) atoms. The smallest absolute Gasteiger partial charge is 0.273 e. The Balaban J connectivity index is 1.54. The number of likely N-dealkylation sites (tertiary alicyclic amines) is 1. The Morgan fingerprint density at radius 1 is 1.10 bits per heavy atom. The molecule has 0 spiro atoms. The molecule has 0 atom stereocenters. The largest absolute Gasteiger partial charge is 0.497 e. The summed E-state index contributed by atoms with van der Waals surface area (Å²) >= 11 is 0. The number of ether oxygens (including phenoxy) is 2. The van der Waals surface area contributed by atoms with Crippen molar-refractivity contribution >= 4 is 5.91 Å². The number of hydrogen-bond donors (Lipinski definition) is 2. The predicted octanol–water partition coefficient (Wildman–Crippen LogP) is 1.38. The highest BCUT2D eigenvalue weighted by molar-refractivity contribution is 5.76. The number of benzene rings is 1. The van der Waals surface area contributed by atoms with Crippen LogP contribution in [0.25, 0.3) is 11.4 Å². The van der Waals surface area contributed by atoms with E-state index in [0.29, 0.717) is 29.4 Å². The molecule has 162 valence electrons. The molecule has 0 radical (unpaired) electrons. The third-order valence-corrected chi connectivity index (χ3v) is 5.18. The third-order valence-electron chi connectivity index (χ3n) is 5.18. The summed E-state index contributed by atoms with van der Waals surface area (Å²) in [7, 11) is 3.10. The molecule has 2 N–H and O–H groups in total. The minimum Gasteiger partial charge on any atom is -0.497 e. The van der Waals surface area contributed by atoms with Crippen molar-refractivity contribution in [2.75, 3.05) is 40.4 Å². The summed E-state index contributed by atoms with van der Waals surface area (Å²) in [4.78, 5) is 29.6. The van der Waals surface area contributed by atoms with E-state index in [1.54, 1.807) is 32.4 Å². The number of aromatic amines is 1. The van der Waals surface area contributed by atoms with Gasteiger partial charge in [0.2, 0.25) is 5.91 Å². The summed E-state index contributed by atoms with van der Waals surface area (Å²) in [6.45, 7) is 3.70. The van der Waals surface area contributed by atoms with Crippen LogP contribution in [0.15, 0.2) is 23.0 Å². The van der Waals surface area contributed by atoms with Crippen LogP contribution >= 0.6 is 0 Å². The van der Waals surface area contributed by atoms with E-state index in [1.807, 2.05) is 0 Å². The molecule has 9 nitrogen and oxygen atoms in total. The molecule has 0 bridgehead atoms. The van der Waals surface area contributed by atoms with Gasteiger partial charge in [-0.1, -0.05) is 6.42 Å². The number of amides is 1. The van der Waals surface area contributed by atoms with Crippen LogP contribution in [0, 0.1) is 0 Å². The normalized spacial score (nSPS) is 14.3. The molecule has 1 amide bonds. The van der Waals surface area contributed by atoms with E-state index in [1.165, 1.54) is 19.3 Å². The summed E-state index contributed by atoms with van der Waals surface area (Å²) in [5, 5.41) is 11.0. The van der Waals surface area contributed by atoms with Gasteiger partial charge >= 0.3 is 0 Å². The Labute approximate surface area is 175 Å². The molecule has 0 saturated carbocycles. The van der Waals surface area contributed by atoms with E-state index < -0.39 is 0 Å². The summed E-state index contributed by atoms with van der Waals surface area (Å²) < 4.78 is 10.5. The minimum atomic E-state index is -0.358. The first-order chi connectivity index (χ1) is 14.6. The van der Waals surface area contributed by atoms with Crippen molar-refractivity contribution < 1.29 is 14.3 Å². The van der Waals surface area contributed by atoms with E-state index in [0.717, 1.165) is 19.6 Å². The van der Waals surface area contributed by atoms with Gasteiger partial charge in [-0.2, -0.15) is 0 Å². The number of aromatic nitrogens is 3. The fourth-order valence-corrected chi connectivity index (χ4v) is 3.45. The van der Waals surface area contributed by atoms with Crippen LogP contribution in [0.1, 0.15) is 31.4 Å². The zero-order chi connectivity index (χ0) is 21.3. The van der Waals surface area contributed by atoms with Gasteiger partial charge in [-0.05, 0) is 38.1 Å². The summed E-state index contributed by atoms with van der Waals surface area (Å²) in [6.07, 6.45) is 4.19. The van der Waals surface area contributed by atoms with E-state index in [2.05, 4.69) is 25.4 Å². The highest BCUT2D eigenvalue weighted by Gasteiger charge is 2.13. The second-order valence-corrected chi connectivity index (χ2v) is 7.30. The van der Waals surface area contributed by atoms with Gasteiger partial charge < -0.3 is 24.7 Å². The van der Waals surface area contributed by atoms with Gasteiger partial charge in [-0.15, -0.1) is 10.2 Å². The number of nitrogens with one attached hydrogen (secondary N) is 2. The lowest BCUT2D eigenvalue weighted by molar-refractivity contribution is -0.121. The SMILES string of the molecule is COc1cc(OC)cc(-c2nnc(CCC(=O)NCCN3CCCCC3)c(=O)[nH]2)c1. The second-order valence-electron chi connectivity index (χ2n) is 7.30. The number of rotatable bonds is 9. The number of H-pyrrole nitrogens is 1. The first kappa shape index (κ1) is 21.8. The van der Waals surface area contributed by atoms with Gasteiger partial charge in [0, 0.05) is 37.6 Å². The molecule has 1 fully saturated rings. The van der Waals surface area contributed by atoms with Crippen LogP contribution in [0.2, 0.25) is 0 Å². The molecule has 0 aliphatic carbocycles. The van der Waals surface area contributed by atoms with Crippen molar-refractivity contribution in [2.45, 2.75) is 32.1 Å². The quantitative estimate of drug-likeness (QED) is 0.637. The maximum absolute atomic E-state index is 12.4. The van der Waals surface area contributed by atoms with Crippen molar-refractivity contribution in [3.63, 3.8) is 0 Å². The van der Waals surface area contributed by atoms with Crippen molar-refractivity contribution in [1.82, 2.24) is 25.4 Å². The van der Waals surface area contributed by atoms with Crippen LogP contribution in [0.3, 0.4) is 0 Å². The summed E-state index contributed by atoms with van der Waals surface area (Å²) in [5.41, 5.74) is 0.500. The van der Waals surface area contributed by atoms with E-state index >= 15 is 0 Å². The molecule has 9 heteroatoms. The molecular weight excluding hydrogens is 386 g/mol. The first-order valence-electron chi connectivity index (χ1n) is 10.3. The highest BCUT2D eigenvalue weighted by Crippen LogP contribution is 2.27. The maximum Gasteiger partial charge on any atom is 0.273 e. The monoisotopic (exact) mass is 415 g/mol. The molecule has 1 aromatic carbocycles. The number of nitrogens with zero attached hydrogens (tertiary/aromatic N) is 3. The Morgan fingerprint density at radius 2 is 1.80 bits per heavy atom. The van der Waals surface area contributed by atoms with Crippen molar-refractivity contribution in [3.05, 3.63) is 34.2 Å². The van der Waals surface area contributed by atoms with Crippen LogP contribution in [-0.2, 0) is 11.2 Å². The molecule has 2 aromatic rings. The van der Waals surface area contributed by atoms with Crippen molar-refractivity contribution in [3.8, 4) is 22.9 Å². The van der Waals surface area contributed by atoms with E-state index in [9.17, 15) is 9.59 Å². The number of carbonyl (C=O) groups is 1. The van der Waals surface area contributed by atoms with Crippen LogP contribution in [-0.4, -0.2) is 66.4 Å². The van der Waals surface area contributed by atoms with Crippen molar-refractivity contribution in [1.29, 1.82) is 0 Å². The number of methoxy groups -OCH3 is 2. The zero-order valence-electron chi connectivity index (χ0n) is 17.6. The predicted molar refractivity (Wildman–Crippen MR) is 113 cm³/mol. The zero-order valence-corrected chi connectivity index (χ0v) is 17.6. The fraction of sp³-hybridized carbons (Fsp3) is 0.524. The third kappa shape index (κ3) is 6.03. The molecule has 0 unspecified atom stereocenters.